The SMILES string of the molecule is O=C(Cn1cnnn1)N1CCN(CC(F)(F)F)c2ccccc21. The number of rotatable bonds is 3. The molecule has 7 nitrogen and oxygen atoms in total. The number of carbonyl (C=O) groups excluding carboxylic acids is 1. The Bertz CT molecular complexity index is 687. The minimum absolute atomic E-state index is 0.0688. The van der Waals surface area contributed by atoms with Gasteiger partial charge in [0.15, 0.2) is 0 Å². The van der Waals surface area contributed by atoms with Crippen molar-refractivity contribution < 1.29 is 18.0 Å². The molecule has 0 unspecified atom stereocenters. The molecule has 1 aliphatic rings. The fraction of sp³-hybridized carbons (Fsp3) is 0.385. The summed E-state index contributed by atoms with van der Waals surface area (Å²) < 4.78 is 39.4. The van der Waals surface area contributed by atoms with Gasteiger partial charge in [0.05, 0.1) is 11.4 Å². The van der Waals surface area contributed by atoms with Gasteiger partial charge in [-0.3, -0.25) is 4.79 Å². The summed E-state index contributed by atoms with van der Waals surface area (Å²) in [5.74, 6) is -0.281. The van der Waals surface area contributed by atoms with Crippen LogP contribution in [-0.2, 0) is 11.3 Å². The molecule has 1 aromatic carbocycles. The minimum atomic E-state index is -4.30. The van der Waals surface area contributed by atoms with E-state index in [1.165, 1.54) is 20.8 Å². The summed E-state index contributed by atoms with van der Waals surface area (Å²) in [6.07, 6.45) is -2.99. The van der Waals surface area contributed by atoms with E-state index in [1.54, 1.807) is 24.3 Å². The third-order valence-electron chi connectivity index (χ3n) is 3.47. The first-order valence-corrected chi connectivity index (χ1v) is 6.86. The molecule has 122 valence electrons. The lowest BCUT2D eigenvalue weighted by atomic mass is 10.1. The maximum atomic E-state index is 12.7. The first-order chi connectivity index (χ1) is 10.9. The first-order valence-electron chi connectivity index (χ1n) is 6.86. The summed E-state index contributed by atoms with van der Waals surface area (Å²) in [5.41, 5.74) is 0.849. The molecule has 1 amide bonds. The summed E-state index contributed by atoms with van der Waals surface area (Å²) in [5, 5.41) is 10.5. The second-order valence-electron chi connectivity index (χ2n) is 5.08. The number of para-hydroxylation sites is 2. The molecule has 2 heterocycles. The van der Waals surface area contributed by atoms with Crippen LogP contribution < -0.4 is 9.80 Å². The van der Waals surface area contributed by atoms with Gasteiger partial charge in [-0.05, 0) is 22.6 Å². The predicted molar refractivity (Wildman–Crippen MR) is 74.9 cm³/mol. The third-order valence-corrected chi connectivity index (χ3v) is 3.47. The van der Waals surface area contributed by atoms with Crippen molar-refractivity contribution in [3.05, 3.63) is 30.6 Å². The lowest BCUT2D eigenvalue weighted by Gasteiger charge is -2.38. The van der Waals surface area contributed by atoms with Crippen LogP contribution in [0.5, 0.6) is 0 Å². The molecule has 10 heteroatoms. The highest BCUT2D eigenvalue weighted by Crippen LogP contribution is 2.34. The highest BCUT2D eigenvalue weighted by atomic mass is 19.4. The highest BCUT2D eigenvalue weighted by Gasteiger charge is 2.35. The molecule has 2 aromatic rings. The number of fused-ring (bicyclic) bond motifs is 1. The van der Waals surface area contributed by atoms with Crippen molar-refractivity contribution in [3.63, 3.8) is 0 Å². The molecule has 0 radical (unpaired) electrons. The van der Waals surface area contributed by atoms with Crippen molar-refractivity contribution >= 4 is 17.3 Å². The zero-order chi connectivity index (χ0) is 16.4. The lowest BCUT2D eigenvalue weighted by Crippen LogP contribution is -2.47. The molecule has 0 N–H and O–H groups in total. The molecule has 0 bridgehead atoms. The second-order valence-corrected chi connectivity index (χ2v) is 5.08. The van der Waals surface area contributed by atoms with Gasteiger partial charge >= 0.3 is 6.18 Å². The number of nitrogens with zero attached hydrogens (tertiary/aromatic N) is 6. The molecule has 0 atom stereocenters. The van der Waals surface area contributed by atoms with Crippen molar-refractivity contribution in [2.24, 2.45) is 0 Å². The molecule has 1 aliphatic heterocycles. The standard InChI is InChI=1S/C13H13F3N6O/c14-13(15,16)8-20-5-6-22(11-4-2-1-3-10(11)20)12(23)7-21-9-17-18-19-21/h1-4,9H,5-8H2. The lowest BCUT2D eigenvalue weighted by molar-refractivity contribution is -0.120. The van der Waals surface area contributed by atoms with Crippen LogP contribution in [0.15, 0.2) is 30.6 Å². The van der Waals surface area contributed by atoms with Crippen LogP contribution in [0.2, 0.25) is 0 Å². The first kappa shape index (κ1) is 15.3. The Balaban J connectivity index is 1.83. The topological polar surface area (TPSA) is 67.2 Å². The van der Waals surface area contributed by atoms with Crippen LogP contribution in [0.4, 0.5) is 24.5 Å². The smallest absolute Gasteiger partial charge is 0.359 e. The van der Waals surface area contributed by atoms with E-state index in [-0.39, 0.29) is 25.5 Å². The van der Waals surface area contributed by atoms with Crippen LogP contribution in [0.3, 0.4) is 0 Å². The van der Waals surface area contributed by atoms with Gasteiger partial charge in [0.1, 0.15) is 19.4 Å². The second kappa shape index (κ2) is 5.86. The quantitative estimate of drug-likeness (QED) is 0.845. The summed E-state index contributed by atoms with van der Waals surface area (Å²) in [4.78, 5) is 15.1. The van der Waals surface area contributed by atoms with Gasteiger partial charge in [0, 0.05) is 13.1 Å². The number of tetrazole rings is 1. The Morgan fingerprint density at radius 1 is 1.17 bits per heavy atom. The van der Waals surface area contributed by atoms with Gasteiger partial charge in [-0.2, -0.15) is 13.2 Å². The van der Waals surface area contributed by atoms with Crippen LogP contribution in [0, 0.1) is 0 Å². The highest BCUT2D eigenvalue weighted by molar-refractivity contribution is 5.97. The Hall–Kier alpha value is -2.65. The Morgan fingerprint density at radius 3 is 2.57 bits per heavy atom. The predicted octanol–water partition coefficient (Wildman–Crippen LogP) is 1.09. The number of benzene rings is 1. The molecule has 1 aromatic heterocycles. The molecule has 0 aliphatic carbocycles. The molecule has 23 heavy (non-hydrogen) atoms. The van der Waals surface area contributed by atoms with Crippen molar-refractivity contribution in [1.82, 2.24) is 20.2 Å². The van der Waals surface area contributed by atoms with E-state index in [2.05, 4.69) is 15.5 Å². The maximum absolute atomic E-state index is 12.7. The normalized spacial score (nSPS) is 14.7. The van der Waals surface area contributed by atoms with Gasteiger partial charge in [-0.1, -0.05) is 12.1 Å². The van der Waals surface area contributed by atoms with E-state index in [4.69, 9.17) is 0 Å². The van der Waals surface area contributed by atoms with E-state index in [1.807, 2.05) is 0 Å². The number of amides is 1. The van der Waals surface area contributed by atoms with E-state index in [0.29, 0.717) is 11.4 Å². The Labute approximate surface area is 129 Å². The summed E-state index contributed by atoms with van der Waals surface area (Å²) >= 11 is 0. The number of carbonyl (C=O) groups is 1. The fourth-order valence-corrected chi connectivity index (χ4v) is 2.54. The van der Waals surface area contributed by atoms with Crippen LogP contribution in [0.25, 0.3) is 0 Å². The monoisotopic (exact) mass is 326 g/mol. The molecule has 0 fully saturated rings. The minimum Gasteiger partial charge on any atom is -0.359 e. The van der Waals surface area contributed by atoms with Gasteiger partial charge in [-0.25, -0.2) is 4.68 Å². The Morgan fingerprint density at radius 2 is 1.91 bits per heavy atom. The zero-order valence-corrected chi connectivity index (χ0v) is 11.9. The zero-order valence-electron chi connectivity index (χ0n) is 11.9. The average Bonchev–Trinajstić information content (AvgIpc) is 2.99. The summed E-state index contributed by atoms with van der Waals surface area (Å²) in [6.45, 7) is -0.828. The van der Waals surface area contributed by atoms with Gasteiger partial charge < -0.3 is 9.80 Å². The van der Waals surface area contributed by atoms with E-state index in [0.717, 1.165) is 0 Å². The van der Waals surface area contributed by atoms with E-state index >= 15 is 0 Å². The van der Waals surface area contributed by atoms with Gasteiger partial charge in [-0.15, -0.1) is 5.10 Å². The fourth-order valence-electron chi connectivity index (χ4n) is 2.54. The number of hydrogen-bond donors (Lipinski definition) is 0. The van der Waals surface area contributed by atoms with E-state index in [9.17, 15) is 18.0 Å². The number of aromatic nitrogens is 4. The van der Waals surface area contributed by atoms with E-state index < -0.39 is 12.7 Å². The molecule has 3 rings (SSSR count). The van der Waals surface area contributed by atoms with Crippen molar-refractivity contribution in [3.8, 4) is 0 Å². The summed E-state index contributed by atoms with van der Waals surface area (Å²) in [6, 6.07) is 6.55. The molecule has 0 saturated heterocycles. The number of halogens is 3. The van der Waals surface area contributed by atoms with Crippen molar-refractivity contribution in [2.75, 3.05) is 29.4 Å². The number of alkyl halides is 3. The summed E-state index contributed by atoms with van der Waals surface area (Å²) in [7, 11) is 0. The van der Waals surface area contributed by atoms with Crippen molar-refractivity contribution in [2.45, 2.75) is 12.7 Å². The number of anilines is 2. The number of hydrogen-bond acceptors (Lipinski definition) is 5. The van der Waals surface area contributed by atoms with Crippen molar-refractivity contribution in [1.29, 1.82) is 0 Å². The van der Waals surface area contributed by atoms with Crippen LogP contribution >= 0.6 is 0 Å². The molecular weight excluding hydrogens is 313 g/mol. The Kier molecular flexibility index (Phi) is 3.89. The molecule has 0 spiro atoms. The van der Waals surface area contributed by atoms with Gasteiger partial charge in [0.25, 0.3) is 0 Å². The average molecular weight is 326 g/mol. The van der Waals surface area contributed by atoms with Crippen LogP contribution in [-0.4, -0.2) is 51.9 Å². The molecular formula is C13H13F3N6O. The largest absolute Gasteiger partial charge is 0.405 e. The third kappa shape index (κ3) is 3.41. The van der Waals surface area contributed by atoms with Gasteiger partial charge in [0.2, 0.25) is 5.91 Å². The maximum Gasteiger partial charge on any atom is 0.405 e. The molecule has 0 saturated carbocycles. The van der Waals surface area contributed by atoms with Crippen LogP contribution in [0.1, 0.15) is 0 Å².